The predicted molar refractivity (Wildman–Crippen MR) is 140 cm³/mol. The Hall–Kier alpha value is -3.50. The van der Waals surface area contributed by atoms with Crippen molar-refractivity contribution in [2.75, 3.05) is 29.6 Å². The van der Waals surface area contributed by atoms with Crippen LogP contribution >= 0.6 is 0 Å². The number of aliphatic carboxylic acids is 1. The molecule has 2 aliphatic rings. The van der Waals surface area contributed by atoms with Crippen LogP contribution in [0.3, 0.4) is 0 Å². The van der Waals surface area contributed by atoms with Crippen LogP contribution in [0.15, 0.2) is 47.6 Å². The van der Waals surface area contributed by atoms with E-state index in [0.29, 0.717) is 49.0 Å². The molecule has 0 saturated carbocycles. The van der Waals surface area contributed by atoms with Gasteiger partial charge in [0.1, 0.15) is 29.1 Å². The van der Waals surface area contributed by atoms with Crippen molar-refractivity contribution in [2.24, 2.45) is 16.9 Å². The SMILES string of the molecule is CCOc1ccc(F)c(N2CCC(Oc3ccc(N4N=C(C(F)(F)F)[C@@H](C)[C@@H]4CC(=O)O)cc3)C(CC)C2)c1. The summed E-state index contributed by atoms with van der Waals surface area (Å²) in [6, 6.07) is 10.3. The maximum atomic E-state index is 14.6. The van der Waals surface area contributed by atoms with Gasteiger partial charge in [0.15, 0.2) is 0 Å². The molecule has 0 bridgehead atoms. The second-order valence-corrected chi connectivity index (χ2v) is 9.88. The fraction of sp³-hybridized carbons (Fsp3) is 0.500. The van der Waals surface area contributed by atoms with E-state index in [1.165, 1.54) is 13.0 Å². The minimum absolute atomic E-state index is 0.117. The molecule has 0 amide bonds. The molecule has 7 nitrogen and oxygen atoms in total. The summed E-state index contributed by atoms with van der Waals surface area (Å²) in [7, 11) is 0. The minimum atomic E-state index is -4.65. The number of halogens is 4. The summed E-state index contributed by atoms with van der Waals surface area (Å²) >= 11 is 0. The molecule has 2 heterocycles. The molecule has 4 rings (SSSR count). The predicted octanol–water partition coefficient (Wildman–Crippen LogP) is 6.13. The smallest absolute Gasteiger partial charge is 0.431 e. The van der Waals surface area contributed by atoms with Crippen LogP contribution in [0.2, 0.25) is 0 Å². The molecule has 2 aliphatic heterocycles. The lowest BCUT2D eigenvalue weighted by molar-refractivity contribution is -0.137. The van der Waals surface area contributed by atoms with Gasteiger partial charge in [0.25, 0.3) is 0 Å². The number of hydrazone groups is 1. The molecular weight excluding hydrogens is 518 g/mol. The first-order chi connectivity index (χ1) is 18.5. The molecule has 2 aromatic carbocycles. The van der Waals surface area contributed by atoms with Crippen molar-refractivity contribution in [3.05, 3.63) is 48.3 Å². The van der Waals surface area contributed by atoms with E-state index < -0.39 is 36.2 Å². The highest BCUT2D eigenvalue weighted by atomic mass is 19.4. The number of carboxylic acids is 1. The van der Waals surface area contributed by atoms with Crippen molar-refractivity contribution in [2.45, 2.75) is 58.4 Å². The second kappa shape index (κ2) is 11.7. The summed E-state index contributed by atoms with van der Waals surface area (Å²) < 4.78 is 66.8. The van der Waals surface area contributed by atoms with Gasteiger partial charge in [-0.2, -0.15) is 18.3 Å². The molecule has 2 unspecified atom stereocenters. The van der Waals surface area contributed by atoms with Gasteiger partial charge in [-0.1, -0.05) is 13.8 Å². The van der Waals surface area contributed by atoms with Crippen LogP contribution in [0.5, 0.6) is 11.5 Å². The first-order valence-corrected chi connectivity index (χ1v) is 13.1. The Labute approximate surface area is 225 Å². The molecule has 212 valence electrons. The number of alkyl halides is 3. The van der Waals surface area contributed by atoms with Gasteiger partial charge in [0.05, 0.1) is 30.4 Å². The number of carbonyl (C=O) groups is 1. The zero-order valence-corrected chi connectivity index (χ0v) is 22.1. The van der Waals surface area contributed by atoms with Gasteiger partial charge in [-0.05, 0) is 49.7 Å². The first-order valence-electron chi connectivity index (χ1n) is 13.1. The maximum absolute atomic E-state index is 14.6. The first kappa shape index (κ1) is 28.5. The van der Waals surface area contributed by atoms with E-state index in [4.69, 9.17) is 9.47 Å². The van der Waals surface area contributed by atoms with Crippen molar-refractivity contribution in [3.8, 4) is 11.5 Å². The summed E-state index contributed by atoms with van der Waals surface area (Å²) in [4.78, 5) is 13.3. The lowest BCUT2D eigenvalue weighted by atomic mass is 9.91. The number of hydrogen-bond donors (Lipinski definition) is 1. The number of hydrogen-bond acceptors (Lipinski definition) is 6. The molecule has 11 heteroatoms. The van der Waals surface area contributed by atoms with Gasteiger partial charge < -0.3 is 19.5 Å². The Bertz CT molecular complexity index is 1190. The summed E-state index contributed by atoms with van der Waals surface area (Å²) in [5.41, 5.74) is -0.141. The largest absolute Gasteiger partial charge is 0.494 e. The highest BCUT2D eigenvalue weighted by Gasteiger charge is 2.48. The highest BCUT2D eigenvalue weighted by Crippen LogP contribution is 2.37. The van der Waals surface area contributed by atoms with Gasteiger partial charge >= 0.3 is 12.1 Å². The normalized spacial score (nSPS) is 23.5. The Balaban J connectivity index is 1.46. The quantitative estimate of drug-likeness (QED) is 0.378. The number of piperidine rings is 1. The molecule has 1 saturated heterocycles. The number of benzene rings is 2. The van der Waals surface area contributed by atoms with Crippen molar-refractivity contribution in [3.63, 3.8) is 0 Å². The molecule has 1 fully saturated rings. The standard InChI is InChI=1S/C28H33F4N3O4/c1-4-18-16-34(24-14-21(38-5-2)10-11-22(24)29)13-12-25(18)39-20-8-6-19(7-9-20)35-23(15-26(36)37)17(3)27(33-35)28(30,31)32/h6-11,14,17-18,23,25H,4-5,12-13,15-16H2,1-3H3,(H,36,37)/t17-,18?,23-,25?/m0/s1. The number of nitrogens with zero attached hydrogens (tertiary/aromatic N) is 3. The molecule has 1 N–H and O–H groups in total. The summed E-state index contributed by atoms with van der Waals surface area (Å²) in [5, 5.41) is 14.2. The topological polar surface area (TPSA) is 74.6 Å². The molecule has 2 aromatic rings. The molecule has 0 aliphatic carbocycles. The van der Waals surface area contributed by atoms with Crippen molar-refractivity contribution in [1.29, 1.82) is 0 Å². The number of anilines is 2. The van der Waals surface area contributed by atoms with Crippen LogP contribution in [0, 0.1) is 17.7 Å². The summed E-state index contributed by atoms with van der Waals surface area (Å²) in [5.74, 6) is -1.32. The molecule has 4 atom stereocenters. The van der Waals surface area contributed by atoms with Crippen LogP contribution in [0.4, 0.5) is 28.9 Å². The number of ether oxygens (including phenoxy) is 2. The van der Waals surface area contributed by atoms with Gasteiger partial charge in [-0.15, -0.1) is 0 Å². The third-order valence-corrected chi connectivity index (χ3v) is 7.36. The Kier molecular flexibility index (Phi) is 8.56. The lowest BCUT2D eigenvalue weighted by Crippen LogP contribution is -2.45. The number of rotatable bonds is 9. The average Bonchev–Trinajstić information content (AvgIpc) is 3.22. The fourth-order valence-corrected chi connectivity index (χ4v) is 5.30. The van der Waals surface area contributed by atoms with Crippen LogP contribution in [-0.4, -0.2) is 54.8 Å². The Morgan fingerprint density at radius 2 is 1.82 bits per heavy atom. The van der Waals surface area contributed by atoms with Gasteiger partial charge in [0.2, 0.25) is 0 Å². The fourth-order valence-electron chi connectivity index (χ4n) is 5.30. The van der Waals surface area contributed by atoms with E-state index >= 15 is 0 Å². The Morgan fingerprint density at radius 3 is 2.44 bits per heavy atom. The zero-order chi connectivity index (χ0) is 28.3. The lowest BCUT2D eigenvalue weighted by Gasteiger charge is -2.39. The summed E-state index contributed by atoms with van der Waals surface area (Å²) in [6.45, 7) is 6.94. The highest BCUT2D eigenvalue weighted by molar-refractivity contribution is 5.95. The van der Waals surface area contributed by atoms with Crippen molar-refractivity contribution < 1.29 is 36.9 Å². The minimum Gasteiger partial charge on any atom is -0.494 e. The van der Waals surface area contributed by atoms with E-state index in [-0.39, 0.29) is 17.8 Å². The molecule has 0 spiro atoms. The molecule has 39 heavy (non-hydrogen) atoms. The third kappa shape index (κ3) is 6.39. The molecular formula is C28H33F4N3O4. The molecule has 0 radical (unpaired) electrons. The van der Waals surface area contributed by atoms with Gasteiger partial charge in [0, 0.05) is 37.4 Å². The van der Waals surface area contributed by atoms with E-state index in [9.17, 15) is 27.5 Å². The van der Waals surface area contributed by atoms with Crippen LogP contribution in [0.25, 0.3) is 0 Å². The van der Waals surface area contributed by atoms with Crippen LogP contribution in [-0.2, 0) is 4.79 Å². The van der Waals surface area contributed by atoms with Crippen molar-refractivity contribution >= 4 is 23.1 Å². The van der Waals surface area contributed by atoms with Crippen LogP contribution in [0.1, 0.15) is 40.0 Å². The third-order valence-electron chi connectivity index (χ3n) is 7.36. The van der Waals surface area contributed by atoms with E-state index in [0.717, 1.165) is 11.4 Å². The van der Waals surface area contributed by atoms with Crippen LogP contribution < -0.4 is 19.4 Å². The zero-order valence-electron chi connectivity index (χ0n) is 22.1. The van der Waals surface area contributed by atoms with E-state index in [1.807, 2.05) is 18.7 Å². The van der Waals surface area contributed by atoms with E-state index in [1.54, 1.807) is 36.4 Å². The molecule has 0 aromatic heterocycles. The second-order valence-electron chi connectivity index (χ2n) is 9.88. The maximum Gasteiger partial charge on any atom is 0.431 e. The van der Waals surface area contributed by atoms with Crippen molar-refractivity contribution in [1.82, 2.24) is 0 Å². The van der Waals surface area contributed by atoms with Gasteiger partial charge in [-0.3, -0.25) is 9.80 Å². The van der Waals surface area contributed by atoms with E-state index in [2.05, 4.69) is 5.10 Å². The Morgan fingerprint density at radius 1 is 1.13 bits per heavy atom. The average molecular weight is 552 g/mol. The number of carboxylic acid groups (broad SMARTS) is 1. The van der Waals surface area contributed by atoms with Gasteiger partial charge in [-0.25, -0.2) is 4.39 Å². The summed E-state index contributed by atoms with van der Waals surface area (Å²) in [6.07, 6.45) is -3.79. The monoisotopic (exact) mass is 551 g/mol.